The monoisotopic (exact) mass is 169 g/mol. The molecular formula is C9H15NO2. The van der Waals surface area contributed by atoms with Crippen molar-refractivity contribution in [3.8, 4) is 0 Å². The zero-order chi connectivity index (χ0) is 9.14. The average molecular weight is 169 g/mol. The number of carbonyl (C=O) groups is 1. The van der Waals surface area contributed by atoms with Gasteiger partial charge in [-0.1, -0.05) is 6.08 Å². The Morgan fingerprint density at radius 1 is 1.75 bits per heavy atom. The molecule has 1 amide bonds. The highest BCUT2D eigenvalue weighted by Gasteiger charge is 2.32. The predicted octanol–water partition coefficient (Wildman–Crippen LogP) is 0.544. The molecule has 3 nitrogen and oxygen atoms in total. The third-order valence-electron chi connectivity index (χ3n) is 2.39. The zero-order valence-corrected chi connectivity index (χ0v) is 7.36. The molecule has 0 aromatic rings. The Kier molecular flexibility index (Phi) is 2.87. The fourth-order valence-electron chi connectivity index (χ4n) is 1.81. The van der Waals surface area contributed by atoms with Crippen LogP contribution >= 0.6 is 0 Å². The van der Waals surface area contributed by atoms with E-state index in [0.717, 1.165) is 12.8 Å². The molecule has 1 aliphatic rings. The lowest BCUT2D eigenvalue weighted by molar-refractivity contribution is -0.131. The fourth-order valence-corrected chi connectivity index (χ4v) is 1.81. The maximum absolute atomic E-state index is 11.2. The highest BCUT2D eigenvalue weighted by molar-refractivity contribution is 5.74. The number of carbonyl (C=O) groups excluding carboxylic acids is 1. The molecule has 0 aromatic heterocycles. The van der Waals surface area contributed by atoms with Crippen molar-refractivity contribution in [2.75, 3.05) is 6.61 Å². The molecule has 1 heterocycles. The summed E-state index contributed by atoms with van der Waals surface area (Å²) in [7, 11) is 0. The summed E-state index contributed by atoms with van der Waals surface area (Å²) in [6.07, 6.45) is 3.58. The van der Waals surface area contributed by atoms with Gasteiger partial charge in [0.15, 0.2) is 0 Å². The van der Waals surface area contributed by atoms with Gasteiger partial charge in [0.1, 0.15) is 0 Å². The van der Waals surface area contributed by atoms with Crippen LogP contribution in [0.3, 0.4) is 0 Å². The van der Waals surface area contributed by atoms with E-state index in [4.69, 9.17) is 5.11 Å². The summed E-state index contributed by atoms with van der Waals surface area (Å²) in [4.78, 5) is 12.9. The van der Waals surface area contributed by atoms with Gasteiger partial charge in [-0.05, 0) is 12.8 Å². The van der Waals surface area contributed by atoms with Gasteiger partial charge in [0.25, 0.3) is 0 Å². The lowest BCUT2D eigenvalue weighted by Gasteiger charge is -2.26. The molecule has 1 rings (SSSR count). The van der Waals surface area contributed by atoms with Crippen LogP contribution in [0, 0.1) is 0 Å². The van der Waals surface area contributed by atoms with Crippen molar-refractivity contribution in [1.29, 1.82) is 0 Å². The van der Waals surface area contributed by atoms with Gasteiger partial charge in [-0.2, -0.15) is 0 Å². The number of hydrogen-bond acceptors (Lipinski definition) is 2. The summed E-state index contributed by atoms with van der Waals surface area (Å²) < 4.78 is 0. The molecule has 1 aliphatic heterocycles. The Morgan fingerprint density at radius 3 is 2.83 bits per heavy atom. The number of amides is 1. The highest BCUT2D eigenvalue weighted by Crippen LogP contribution is 2.24. The quantitative estimate of drug-likeness (QED) is 0.613. The first-order valence-electron chi connectivity index (χ1n) is 4.23. The van der Waals surface area contributed by atoms with E-state index in [1.54, 1.807) is 11.0 Å². The van der Waals surface area contributed by atoms with Crippen molar-refractivity contribution >= 4 is 5.91 Å². The molecule has 1 N–H and O–H groups in total. The number of aliphatic hydroxyl groups excluding tert-OH is 1. The third-order valence-corrected chi connectivity index (χ3v) is 2.39. The molecule has 0 spiro atoms. The molecule has 0 aromatic carbocycles. The first kappa shape index (κ1) is 9.26. The average Bonchev–Trinajstić information content (AvgIpc) is 2.46. The van der Waals surface area contributed by atoms with E-state index in [9.17, 15) is 4.79 Å². The summed E-state index contributed by atoms with van der Waals surface area (Å²) in [6.45, 7) is 5.26. The molecule has 2 atom stereocenters. The van der Waals surface area contributed by atoms with E-state index in [2.05, 4.69) is 6.58 Å². The number of aliphatic hydroxyl groups is 1. The van der Waals surface area contributed by atoms with E-state index in [1.807, 2.05) is 0 Å². The standard InChI is InChI=1S/C9H15NO2/c1-3-8-4-5-9(6-11)10(8)7(2)12/h3,8-9,11H,1,4-6H2,2H3/t8-,9-/m0/s1. The smallest absolute Gasteiger partial charge is 0.220 e. The van der Waals surface area contributed by atoms with Crippen molar-refractivity contribution in [2.45, 2.75) is 31.8 Å². The molecule has 0 bridgehead atoms. The second-order valence-corrected chi connectivity index (χ2v) is 3.14. The van der Waals surface area contributed by atoms with Gasteiger partial charge in [-0.15, -0.1) is 6.58 Å². The maximum atomic E-state index is 11.2. The Morgan fingerprint density at radius 2 is 2.42 bits per heavy atom. The molecule has 68 valence electrons. The first-order valence-corrected chi connectivity index (χ1v) is 4.23. The van der Waals surface area contributed by atoms with Crippen molar-refractivity contribution in [3.63, 3.8) is 0 Å². The van der Waals surface area contributed by atoms with E-state index < -0.39 is 0 Å². The molecular weight excluding hydrogens is 154 g/mol. The van der Waals surface area contributed by atoms with Crippen molar-refractivity contribution in [1.82, 2.24) is 4.90 Å². The fraction of sp³-hybridized carbons (Fsp3) is 0.667. The van der Waals surface area contributed by atoms with Crippen LogP contribution in [0.15, 0.2) is 12.7 Å². The van der Waals surface area contributed by atoms with Crippen molar-refractivity contribution in [3.05, 3.63) is 12.7 Å². The number of hydrogen-bond donors (Lipinski definition) is 1. The second kappa shape index (κ2) is 3.72. The number of nitrogens with zero attached hydrogens (tertiary/aromatic N) is 1. The second-order valence-electron chi connectivity index (χ2n) is 3.14. The molecule has 0 radical (unpaired) electrons. The van der Waals surface area contributed by atoms with Crippen LogP contribution in [0.25, 0.3) is 0 Å². The molecule has 12 heavy (non-hydrogen) atoms. The van der Waals surface area contributed by atoms with Gasteiger partial charge in [0.2, 0.25) is 5.91 Å². The van der Waals surface area contributed by atoms with Gasteiger partial charge in [0.05, 0.1) is 18.7 Å². The normalized spacial score (nSPS) is 29.0. The highest BCUT2D eigenvalue weighted by atomic mass is 16.3. The Labute approximate surface area is 72.7 Å². The summed E-state index contributed by atoms with van der Waals surface area (Å²) in [5.74, 6) is 0.0245. The summed E-state index contributed by atoms with van der Waals surface area (Å²) in [6, 6.07) is 0.130. The minimum atomic E-state index is 0.00509. The molecule has 1 saturated heterocycles. The Hall–Kier alpha value is -0.830. The van der Waals surface area contributed by atoms with E-state index in [-0.39, 0.29) is 24.6 Å². The Bertz CT molecular complexity index is 191. The van der Waals surface area contributed by atoms with E-state index in [1.165, 1.54) is 6.92 Å². The van der Waals surface area contributed by atoms with Crippen LogP contribution in [-0.4, -0.2) is 34.6 Å². The lowest BCUT2D eigenvalue weighted by atomic mass is 10.2. The zero-order valence-electron chi connectivity index (χ0n) is 7.36. The summed E-state index contributed by atoms with van der Waals surface area (Å²) in [5, 5.41) is 8.97. The van der Waals surface area contributed by atoms with Crippen LogP contribution in [0.4, 0.5) is 0 Å². The number of likely N-dealkylation sites (tertiary alicyclic amines) is 1. The topological polar surface area (TPSA) is 40.5 Å². The van der Waals surface area contributed by atoms with Crippen LogP contribution in [-0.2, 0) is 4.79 Å². The van der Waals surface area contributed by atoms with Gasteiger partial charge in [0, 0.05) is 6.92 Å². The van der Waals surface area contributed by atoms with E-state index >= 15 is 0 Å². The lowest BCUT2D eigenvalue weighted by Crippen LogP contribution is -2.40. The van der Waals surface area contributed by atoms with Crippen molar-refractivity contribution in [2.24, 2.45) is 0 Å². The minimum absolute atomic E-state index is 0.00509. The first-order chi connectivity index (χ1) is 5.70. The van der Waals surface area contributed by atoms with Crippen LogP contribution in [0.1, 0.15) is 19.8 Å². The molecule has 0 unspecified atom stereocenters. The van der Waals surface area contributed by atoms with Crippen LogP contribution in [0.2, 0.25) is 0 Å². The van der Waals surface area contributed by atoms with Gasteiger partial charge >= 0.3 is 0 Å². The van der Waals surface area contributed by atoms with Gasteiger partial charge in [-0.25, -0.2) is 0 Å². The van der Waals surface area contributed by atoms with Crippen LogP contribution < -0.4 is 0 Å². The SMILES string of the molecule is C=C[C@H]1CC[C@@H](CO)N1C(C)=O. The minimum Gasteiger partial charge on any atom is -0.394 e. The third kappa shape index (κ3) is 1.50. The van der Waals surface area contributed by atoms with Gasteiger partial charge < -0.3 is 10.0 Å². The number of rotatable bonds is 2. The predicted molar refractivity (Wildman–Crippen MR) is 46.6 cm³/mol. The van der Waals surface area contributed by atoms with E-state index in [0.29, 0.717) is 0 Å². The molecule has 3 heteroatoms. The van der Waals surface area contributed by atoms with Crippen LogP contribution in [0.5, 0.6) is 0 Å². The summed E-state index contributed by atoms with van der Waals surface area (Å²) >= 11 is 0. The molecule has 0 saturated carbocycles. The molecule has 0 aliphatic carbocycles. The summed E-state index contributed by atoms with van der Waals surface area (Å²) in [5.41, 5.74) is 0. The maximum Gasteiger partial charge on any atom is 0.220 e. The Balaban J connectivity index is 2.71. The van der Waals surface area contributed by atoms with Gasteiger partial charge in [-0.3, -0.25) is 4.79 Å². The van der Waals surface area contributed by atoms with Crippen molar-refractivity contribution < 1.29 is 9.90 Å². The molecule has 1 fully saturated rings. The largest absolute Gasteiger partial charge is 0.394 e.